The van der Waals surface area contributed by atoms with Crippen LogP contribution in [0.3, 0.4) is 0 Å². The maximum absolute atomic E-state index is 11.4. The van der Waals surface area contributed by atoms with Crippen LogP contribution in [-0.2, 0) is 16.1 Å². The molecular weight excluding hydrogens is 397 g/mol. The molecule has 0 fully saturated rings. The SMILES string of the molecule is CCO[C@@H](CC(=O)O)c1ccc(OCc2ccc(Cl)c(Cl)c2)c([N+](=O)[O-])c1. The smallest absolute Gasteiger partial charge is 0.311 e. The number of benzene rings is 2. The largest absolute Gasteiger partial charge is 0.482 e. The van der Waals surface area contributed by atoms with Gasteiger partial charge in [0, 0.05) is 12.7 Å². The van der Waals surface area contributed by atoms with Crippen molar-refractivity contribution < 1.29 is 24.3 Å². The highest BCUT2D eigenvalue weighted by Crippen LogP contribution is 2.33. The Labute approximate surface area is 165 Å². The number of halogens is 2. The van der Waals surface area contributed by atoms with Crippen molar-refractivity contribution in [1.29, 1.82) is 0 Å². The third-order valence-corrected chi connectivity index (χ3v) is 4.40. The molecule has 144 valence electrons. The lowest BCUT2D eigenvalue weighted by Crippen LogP contribution is -2.11. The summed E-state index contributed by atoms with van der Waals surface area (Å²) in [5.74, 6) is -1.00. The molecule has 0 aromatic heterocycles. The number of rotatable bonds is 9. The molecule has 1 N–H and O–H groups in total. The fourth-order valence-electron chi connectivity index (χ4n) is 2.42. The van der Waals surface area contributed by atoms with Crippen molar-refractivity contribution in [3.63, 3.8) is 0 Å². The van der Waals surface area contributed by atoms with Crippen LogP contribution in [0.4, 0.5) is 5.69 Å². The minimum absolute atomic E-state index is 0.0559. The summed E-state index contributed by atoms with van der Waals surface area (Å²) in [7, 11) is 0. The van der Waals surface area contributed by atoms with Gasteiger partial charge in [-0.3, -0.25) is 14.9 Å². The minimum Gasteiger partial charge on any atom is -0.482 e. The Morgan fingerprint density at radius 1 is 1.22 bits per heavy atom. The van der Waals surface area contributed by atoms with Gasteiger partial charge in [-0.2, -0.15) is 0 Å². The normalized spacial score (nSPS) is 11.8. The molecule has 0 heterocycles. The molecule has 7 nitrogen and oxygen atoms in total. The lowest BCUT2D eigenvalue weighted by Gasteiger charge is -2.16. The topological polar surface area (TPSA) is 98.9 Å². The molecule has 0 amide bonds. The number of nitro benzene ring substituents is 1. The third-order valence-electron chi connectivity index (χ3n) is 3.66. The molecule has 0 unspecified atom stereocenters. The number of carboxylic acid groups (broad SMARTS) is 1. The molecular formula is C18H17Cl2NO6. The van der Waals surface area contributed by atoms with E-state index in [4.69, 9.17) is 37.8 Å². The molecule has 0 radical (unpaired) electrons. The molecule has 0 aliphatic rings. The molecule has 2 aromatic rings. The zero-order valence-electron chi connectivity index (χ0n) is 14.4. The molecule has 0 saturated carbocycles. The van der Waals surface area contributed by atoms with Crippen LogP contribution in [0.1, 0.15) is 30.6 Å². The van der Waals surface area contributed by atoms with Crippen LogP contribution >= 0.6 is 23.2 Å². The molecule has 0 spiro atoms. The number of ether oxygens (including phenoxy) is 2. The van der Waals surface area contributed by atoms with Crippen LogP contribution < -0.4 is 4.74 Å². The molecule has 0 aliphatic carbocycles. The van der Waals surface area contributed by atoms with Crippen molar-refractivity contribution in [1.82, 2.24) is 0 Å². The predicted molar refractivity (Wildman–Crippen MR) is 101 cm³/mol. The second kappa shape index (κ2) is 9.55. The summed E-state index contributed by atoms with van der Waals surface area (Å²) >= 11 is 11.8. The Bertz CT molecular complexity index is 843. The van der Waals surface area contributed by atoms with E-state index in [1.54, 1.807) is 31.2 Å². The van der Waals surface area contributed by atoms with Crippen molar-refractivity contribution >= 4 is 34.9 Å². The maximum atomic E-state index is 11.4. The average Bonchev–Trinajstić information content (AvgIpc) is 2.62. The minimum atomic E-state index is -1.06. The Morgan fingerprint density at radius 2 is 1.96 bits per heavy atom. The van der Waals surface area contributed by atoms with E-state index in [2.05, 4.69) is 0 Å². The fourth-order valence-corrected chi connectivity index (χ4v) is 2.74. The predicted octanol–water partition coefficient (Wildman–Crippen LogP) is 5.03. The van der Waals surface area contributed by atoms with E-state index >= 15 is 0 Å². The number of hydrogen-bond donors (Lipinski definition) is 1. The van der Waals surface area contributed by atoms with Gasteiger partial charge in [0.15, 0.2) is 5.75 Å². The van der Waals surface area contributed by atoms with E-state index in [1.807, 2.05) is 0 Å². The van der Waals surface area contributed by atoms with Crippen LogP contribution in [0.15, 0.2) is 36.4 Å². The van der Waals surface area contributed by atoms with E-state index in [1.165, 1.54) is 12.1 Å². The average molecular weight is 414 g/mol. The van der Waals surface area contributed by atoms with E-state index in [-0.39, 0.29) is 31.1 Å². The quantitative estimate of drug-likeness (QED) is 0.456. The third kappa shape index (κ3) is 5.82. The van der Waals surface area contributed by atoms with Crippen molar-refractivity contribution in [3.05, 3.63) is 67.7 Å². The molecule has 9 heteroatoms. The van der Waals surface area contributed by atoms with Gasteiger partial charge in [0.05, 0.1) is 27.5 Å². The van der Waals surface area contributed by atoms with Gasteiger partial charge in [-0.05, 0) is 36.2 Å². The molecule has 2 aromatic carbocycles. The fraction of sp³-hybridized carbons (Fsp3) is 0.278. The summed E-state index contributed by atoms with van der Waals surface area (Å²) in [6, 6.07) is 9.18. The number of carbonyl (C=O) groups is 1. The van der Waals surface area contributed by atoms with Gasteiger partial charge in [0.25, 0.3) is 0 Å². The number of aliphatic carboxylic acids is 1. The van der Waals surface area contributed by atoms with Crippen LogP contribution in [0.25, 0.3) is 0 Å². The first kappa shape index (κ1) is 21.0. The van der Waals surface area contributed by atoms with Crippen molar-refractivity contribution in [2.24, 2.45) is 0 Å². The van der Waals surface area contributed by atoms with Gasteiger partial charge in [-0.15, -0.1) is 0 Å². The first-order valence-electron chi connectivity index (χ1n) is 8.00. The second-order valence-electron chi connectivity index (χ2n) is 5.56. The zero-order chi connectivity index (χ0) is 20.0. The number of nitrogens with zero attached hydrogens (tertiary/aromatic N) is 1. The lowest BCUT2D eigenvalue weighted by molar-refractivity contribution is -0.386. The summed E-state index contributed by atoms with van der Waals surface area (Å²) in [4.78, 5) is 21.8. The first-order valence-corrected chi connectivity index (χ1v) is 8.75. The number of hydrogen-bond acceptors (Lipinski definition) is 5. The van der Waals surface area contributed by atoms with Gasteiger partial charge in [0.2, 0.25) is 0 Å². The van der Waals surface area contributed by atoms with Gasteiger partial charge in [-0.25, -0.2) is 0 Å². The van der Waals surface area contributed by atoms with Gasteiger partial charge in [-0.1, -0.05) is 35.3 Å². The molecule has 2 rings (SSSR count). The Balaban J connectivity index is 2.24. The highest BCUT2D eigenvalue weighted by molar-refractivity contribution is 6.42. The highest BCUT2D eigenvalue weighted by Gasteiger charge is 2.22. The Kier molecular flexibility index (Phi) is 7.41. The lowest BCUT2D eigenvalue weighted by atomic mass is 10.1. The van der Waals surface area contributed by atoms with Gasteiger partial charge in [0.1, 0.15) is 6.61 Å². The van der Waals surface area contributed by atoms with Gasteiger partial charge >= 0.3 is 11.7 Å². The Morgan fingerprint density at radius 3 is 2.56 bits per heavy atom. The summed E-state index contributed by atoms with van der Waals surface area (Å²) in [6.07, 6.45) is -1.08. The summed E-state index contributed by atoms with van der Waals surface area (Å²) in [5, 5.41) is 21.2. The van der Waals surface area contributed by atoms with E-state index in [0.29, 0.717) is 21.2 Å². The van der Waals surface area contributed by atoms with Crippen molar-refractivity contribution in [2.45, 2.75) is 26.1 Å². The zero-order valence-corrected chi connectivity index (χ0v) is 15.9. The summed E-state index contributed by atoms with van der Waals surface area (Å²) in [5.41, 5.74) is 0.816. The van der Waals surface area contributed by atoms with Gasteiger partial charge < -0.3 is 14.6 Å². The monoisotopic (exact) mass is 413 g/mol. The second-order valence-corrected chi connectivity index (χ2v) is 6.38. The Hall–Kier alpha value is -2.35. The van der Waals surface area contributed by atoms with Crippen molar-refractivity contribution in [3.8, 4) is 5.75 Å². The molecule has 0 bridgehead atoms. The highest BCUT2D eigenvalue weighted by atomic mass is 35.5. The van der Waals surface area contributed by atoms with Crippen LogP contribution in [-0.4, -0.2) is 22.6 Å². The molecule has 1 atom stereocenters. The standard InChI is InChI=1S/C18H17Cl2NO6/c1-2-26-17(9-18(22)23)12-4-6-16(15(8-12)21(24)25)27-10-11-3-5-13(19)14(20)7-11/h3-8,17H,2,9-10H2,1H3,(H,22,23)/t17-/m0/s1. The van der Waals surface area contributed by atoms with E-state index in [0.717, 1.165) is 0 Å². The van der Waals surface area contributed by atoms with Crippen LogP contribution in [0.5, 0.6) is 5.75 Å². The van der Waals surface area contributed by atoms with E-state index < -0.39 is 17.0 Å². The number of carboxylic acids is 1. The maximum Gasteiger partial charge on any atom is 0.311 e. The molecule has 0 saturated heterocycles. The molecule has 0 aliphatic heterocycles. The van der Waals surface area contributed by atoms with Crippen LogP contribution in [0.2, 0.25) is 10.0 Å². The van der Waals surface area contributed by atoms with Crippen molar-refractivity contribution in [2.75, 3.05) is 6.61 Å². The number of nitro groups is 1. The summed E-state index contributed by atoms with van der Waals surface area (Å²) < 4.78 is 11.0. The molecule has 27 heavy (non-hydrogen) atoms. The summed E-state index contributed by atoms with van der Waals surface area (Å²) in [6.45, 7) is 2.06. The van der Waals surface area contributed by atoms with Crippen LogP contribution in [0, 0.1) is 10.1 Å². The first-order chi connectivity index (χ1) is 12.8. The van der Waals surface area contributed by atoms with E-state index in [9.17, 15) is 14.9 Å².